The highest BCUT2D eigenvalue weighted by molar-refractivity contribution is 5.82. The van der Waals surface area contributed by atoms with Crippen LogP contribution in [0.3, 0.4) is 0 Å². The summed E-state index contributed by atoms with van der Waals surface area (Å²) in [4.78, 5) is 54.2. The molecular weight excluding hydrogens is 312 g/mol. The fourth-order valence-corrected chi connectivity index (χ4v) is 3.92. The Morgan fingerprint density at radius 3 is 0.792 bits per heavy atom. The molecule has 1 fully saturated rings. The first-order valence-corrected chi connectivity index (χ1v) is 7.78. The van der Waals surface area contributed by atoms with Crippen LogP contribution in [0.1, 0.15) is 27.7 Å². The standard InChI is InChI=1S/C16H20N4O4/c1-9(21)17-5-6-18(10(2)22)14-13(17)15-16(14)20(12(4)24)8-7-19(15)11(3)23/h5-8,13-16H,1-4H3. The SMILES string of the molecule is CC(=O)N1C=CN(C(C)=O)C2C1C1C2N(C(C)=O)C=CN1C(C)=O. The van der Waals surface area contributed by atoms with Crippen LogP contribution in [-0.2, 0) is 19.2 Å². The van der Waals surface area contributed by atoms with Crippen molar-refractivity contribution in [3.63, 3.8) is 0 Å². The highest BCUT2D eigenvalue weighted by atomic mass is 16.2. The molecule has 0 aromatic heterocycles. The number of rotatable bonds is 0. The molecule has 0 bridgehead atoms. The number of amides is 4. The van der Waals surface area contributed by atoms with E-state index in [9.17, 15) is 19.2 Å². The van der Waals surface area contributed by atoms with E-state index in [-0.39, 0.29) is 47.8 Å². The monoisotopic (exact) mass is 332 g/mol. The molecule has 0 atom stereocenters. The second-order valence-corrected chi connectivity index (χ2v) is 6.26. The zero-order valence-corrected chi connectivity index (χ0v) is 14.0. The highest BCUT2D eigenvalue weighted by Gasteiger charge is 2.63. The lowest BCUT2D eigenvalue weighted by molar-refractivity contribution is -0.167. The molecule has 24 heavy (non-hydrogen) atoms. The lowest BCUT2D eigenvalue weighted by Crippen LogP contribution is -2.83. The van der Waals surface area contributed by atoms with Crippen molar-refractivity contribution >= 4 is 23.6 Å². The van der Waals surface area contributed by atoms with Crippen LogP contribution in [0.2, 0.25) is 0 Å². The van der Waals surface area contributed by atoms with Gasteiger partial charge in [0, 0.05) is 52.5 Å². The van der Waals surface area contributed by atoms with Gasteiger partial charge in [0.2, 0.25) is 23.6 Å². The molecule has 3 aliphatic rings. The molecule has 3 rings (SSSR count). The van der Waals surface area contributed by atoms with Gasteiger partial charge in [0.1, 0.15) is 0 Å². The van der Waals surface area contributed by atoms with Gasteiger partial charge in [0.25, 0.3) is 0 Å². The average molecular weight is 332 g/mol. The van der Waals surface area contributed by atoms with Crippen LogP contribution in [0.25, 0.3) is 0 Å². The van der Waals surface area contributed by atoms with Crippen molar-refractivity contribution in [2.75, 3.05) is 0 Å². The summed E-state index contributed by atoms with van der Waals surface area (Å²) < 4.78 is 0. The van der Waals surface area contributed by atoms with Crippen LogP contribution in [-0.4, -0.2) is 67.4 Å². The Hall–Kier alpha value is -2.64. The number of carbonyl (C=O) groups excluding carboxylic acids is 4. The molecule has 1 saturated carbocycles. The summed E-state index contributed by atoms with van der Waals surface area (Å²) in [5, 5.41) is 0. The van der Waals surface area contributed by atoms with Crippen LogP contribution >= 0.6 is 0 Å². The molecule has 2 heterocycles. The van der Waals surface area contributed by atoms with E-state index in [1.54, 1.807) is 44.4 Å². The molecular formula is C16H20N4O4. The Bertz CT molecular complexity index is 564. The minimum absolute atomic E-state index is 0.171. The normalized spacial score (nSPS) is 30.5. The van der Waals surface area contributed by atoms with Gasteiger partial charge >= 0.3 is 0 Å². The lowest BCUT2D eigenvalue weighted by atomic mass is 9.69. The van der Waals surface area contributed by atoms with E-state index < -0.39 is 0 Å². The number of hydrogen-bond acceptors (Lipinski definition) is 4. The summed E-state index contributed by atoms with van der Waals surface area (Å²) in [5.41, 5.74) is 0. The summed E-state index contributed by atoms with van der Waals surface area (Å²) in [5.74, 6) is -0.684. The van der Waals surface area contributed by atoms with Gasteiger partial charge in [0.05, 0.1) is 24.2 Å². The van der Waals surface area contributed by atoms with E-state index in [0.29, 0.717) is 0 Å². The molecule has 0 saturated heterocycles. The molecule has 0 unspecified atom stereocenters. The fourth-order valence-electron chi connectivity index (χ4n) is 3.92. The summed E-state index contributed by atoms with van der Waals surface area (Å²) in [6.45, 7) is 5.77. The van der Waals surface area contributed by atoms with Crippen LogP contribution in [0.5, 0.6) is 0 Å². The predicted molar refractivity (Wildman–Crippen MR) is 83.5 cm³/mol. The maximum absolute atomic E-state index is 12.0. The first-order chi connectivity index (χ1) is 11.3. The molecule has 8 heteroatoms. The molecule has 0 N–H and O–H groups in total. The van der Waals surface area contributed by atoms with Crippen molar-refractivity contribution in [1.29, 1.82) is 0 Å². The Morgan fingerprint density at radius 2 is 0.667 bits per heavy atom. The quantitative estimate of drug-likeness (QED) is 0.617. The van der Waals surface area contributed by atoms with E-state index >= 15 is 0 Å². The minimum Gasteiger partial charge on any atom is -0.310 e. The third kappa shape index (κ3) is 2.13. The van der Waals surface area contributed by atoms with Gasteiger partial charge in [-0.2, -0.15) is 0 Å². The van der Waals surface area contributed by atoms with Gasteiger partial charge in [-0.1, -0.05) is 0 Å². The Labute approximate surface area is 140 Å². The van der Waals surface area contributed by atoms with Gasteiger partial charge < -0.3 is 19.6 Å². The van der Waals surface area contributed by atoms with E-state index in [1.165, 1.54) is 27.7 Å². The van der Waals surface area contributed by atoms with Crippen molar-refractivity contribution in [3.8, 4) is 0 Å². The number of nitrogens with zero attached hydrogens (tertiary/aromatic N) is 4. The summed E-state index contributed by atoms with van der Waals surface area (Å²) in [6, 6.07) is -1.51. The summed E-state index contributed by atoms with van der Waals surface area (Å²) in [6.07, 6.45) is 6.26. The predicted octanol–water partition coefficient (Wildman–Crippen LogP) is -0.162. The maximum atomic E-state index is 12.0. The molecule has 0 aromatic carbocycles. The van der Waals surface area contributed by atoms with Crippen molar-refractivity contribution in [2.24, 2.45) is 0 Å². The van der Waals surface area contributed by atoms with Crippen LogP contribution in [0.15, 0.2) is 24.8 Å². The maximum Gasteiger partial charge on any atom is 0.223 e. The second-order valence-electron chi connectivity index (χ2n) is 6.26. The van der Waals surface area contributed by atoms with Gasteiger partial charge in [-0.25, -0.2) is 0 Å². The van der Waals surface area contributed by atoms with E-state index in [2.05, 4.69) is 0 Å². The van der Waals surface area contributed by atoms with Gasteiger partial charge in [-0.05, 0) is 0 Å². The Balaban J connectivity index is 2.08. The third-order valence-electron chi connectivity index (χ3n) is 4.91. The number of carbonyl (C=O) groups is 4. The third-order valence-corrected chi connectivity index (χ3v) is 4.91. The molecule has 0 radical (unpaired) electrons. The van der Waals surface area contributed by atoms with Gasteiger partial charge in [-0.3, -0.25) is 19.2 Å². The molecule has 0 aromatic rings. The smallest absolute Gasteiger partial charge is 0.223 e. The van der Waals surface area contributed by atoms with Gasteiger partial charge in [-0.15, -0.1) is 0 Å². The van der Waals surface area contributed by atoms with Crippen molar-refractivity contribution in [1.82, 2.24) is 19.6 Å². The zero-order chi connectivity index (χ0) is 17.8. The topological polar surface area (TPSA) is 81.2 Å². The molecule has 128 valence electrons. The molecule has 0 spiro atoms. The van der Waals surface area contributed by atoms with Crippen molar-refractivity contribution in [3.05, 3.63) is 24.8 Å². The summed E-state index contributed by atoms with van der Waals surface area (Å²) >= 11 is 0. The van der Waals surface area contributed by atoms with E-state index in [0.717, 1.165) is 0 Å². The molecule has 8 nitrogen and oxygen atoms in total. The van der Waals surface area contributed by atoms with Gasteiger partial charge in [0.15, 0.2) is 0 Å². The summed E-state index contributed by atoms with van der Waals surface area (Å²) in [7, 11) is 0. The number of hydrogen-bond donors (Lipinski definition) is 0. The first kappa shape index (κ1) is 16.2. The van der Waals surface area contributed by atoms with E-state index in [4.69, 9.17) is 0 Å². The van der Waals surface area contributed by atoms with E-state index in [1.807, 2.05) is 0 Å². The van der Waals surface area contributed by atoms with Crippen LogP contribution in [0.4, 0.5) is 0 Å². The zero-order valence-electron chi connectivity index (χ0n) is 14.0. The Kier molecular flexibility index (Phi) is 3.70. The lowest BCUT2D eigenvalue weighted by Gasteiger charge is -2.64. The van der Waals surface area contributed by atoms with Crippen molar-refractivity contribution in [2.45, 2.75) is 51.9 Å². The highest BCUT2D eigenvalue weighted by Crippen LogP contribution is 2.43. The Morgan fingerprint density at radius 1 is 0.500 bits per heavy atom. The minimum atomic E-state index is -0.378. The fraction of sp³-hybridized carbons (Fsp3) is 0.500. The molecule has 1 aliphatic carbocycles. The van der Waals surface area contributed by atoms with Crippen LogP contribution in [0, 0.1) is 0 Å². The molecule has 4 amide bonds. The first-order valence-electron chi connectivity index (χ1n) is 7.78. The largest absolute Gasteiger partial charge is 0.310 e. The average Bonchev–Trinajstić information content (AvgIpc) is 2.49. The number of fused-ring (bicyclic) bond motifs is 4. The van der Waals surface area contributed by atoms with Crippen molar-refractivity contribution < 1.29 is 19.2 Å². The van der Waals surface area contributed by atoms with Crippen LogP contribution < -0.4 is 0 Å². The molecule has 2 aliphatic heterocycles. The second kappa shape index (κ2) is 5.47.